The Labute approximate surface area is 162 Å². The molecule has 1 aromatic heterocycles. The standard InChI is InChI=1S/C18H14FN3O5S/c1-26-15-6-3-10(7-16(15)27-2)18-21-13(9-28-18)17(23)20-11-4-5-12(19)14(8-11)22(24)25/h3-9H,1-2H3,(H,20,23). The van der Waals surface area contributed by atoms with Gasteiger partial charge in [0.2, 0.25) is 5.82 Å². The molecule has 3 aromatic rings. The third kappa shape index (κ3) is 3.91. The molecule has 0 saturated heterocycles. The largest absolute Gasteiger partial charge is 0.493 e. The van der Waals surface area contributed by atoms with Gasteiger partial charge in [-0.1, -0.05) is 0 Å². The van der Waals surface area contributed by atoms with Crippen molar-refractivity contribution in [3.63, 3.8) is 0 Å². The SMILES string of the molecule is COc1ccc(-c2nc(C(=O)Nc3ccc(F)c([N+](=O)[O-])c3)cs2)cc1OC. The molecule has 2 aromatic carbocycles. The van der Waals surface area contributed by atoms with Gasteiger partial charge in [-0.15, -0.1) is 11.3 Å². The number of carbonyl (C=O) groups excluding carboxylic acids is 1. The van der Waals surface area contributed by atoms with E-state index in [1.165, 1.54) is 31.6 Å². The first-order chi connectivity index (χ1) is 13.4. The molecule has 10 heteroatoms. The van der Waals surface area contributed by atoms with Gasteiger partial charge in [-0.3, -0.25) is 14.9 Å². The first-order valence-corrected chi connectivity index (χ1v) is 8.74. The molecule has 0 radical (unpaired) electrons. The summed E-state index contributed by atoms with van der Waals surface area (Å²) >= 11 is 1.25. The minimum atomic E-state index is -0.979. The van der Waals surface area contributed by atoms with Gasteiger partial charge >= 0.3 is 5.69 Å². The first-order valence-electron chi connectivity index (χ1n) is 7.86. The van der Waals surface area contributed by atoms with Crippen molar-refractivity contribution in [1.29, 1.82) is 0 Å². The lowest BCUT2D eigenvalue weighted by atomic mass is 10.2. The second-order valence-corrected chi connectivity index (χ2v) is 6.34. The van der Waals surface area contributed by atoms with E-state index in [2.05, 4.69) is 10.3 Å². The van der Waals surface area contributed by atoms with E-state index in [-0.39, 0.29) is 11.4 Å². The normalized spacial score (nSPS) is 10.4. The number of rotatable bonds is 6. The van der Waals surface area contributed by atoms with Crippen molar-refractivity contribution in [3.8, 4) is 22.1 Å². The topological polar surface area (TPSA) is 104 Å². The maximum atomic E-state index is 13.4. The summed E-state index contributed by atoms with van der Waals surface area (Å²) in [5, 5.41) is 15.4. The van der Waals surface area contributed by atoms with Crippen LogP contribution < -0.4 is 14.8 Å². The van der Waals surface area contributed by atoms with E-state index in [1.54, 1.807) is 23.6 Å². The number of thiazole rings is 1. The highest BCUT2D eigenvalue weighted by Crippen LogP contribution is 2.33. The Balaban J connectivity index is 1.81. The lowest BCUT2D eigenvalue weighted by Crippen LogP contribution is -2.12. The van der Waals surface area contributed by atoms with Gasteiger partial charge in [-0.25, -0.2) is 4.98 Å². The summed E-state index contributed by atoms with van der Waals surface area (Å²) in [5.74, 6) is -0.449. The fraction of sp³-hybridized carbons (Fsp3) is 0.111. The van der Waals surface area contributed by atoms with Crippen molar-refractivity contribution < 1.29 is 23.6 Å². The monoisotopic (exact) mass is 403 g/mol. The number of carbonyl (C=O) groups is 1. The Morgan fingerprint density at radius 1 is 1.18 bits per heavy atom. The number of nitrogens with zero attached hydrogens (tertiary/aromatic N) is 2. The molecular weight excluding hydrogens is 389 g/mol. The van der Waals surface area contributed by atoms with E-state index in [0.717, 1.165) is 17.7 Å². The third-order valence-electron chi connectivity index (χ3n) is 3.77. The number of nitrogens with one attached hydrogen (secondary N) is 1. The molecule has 1 N–H and O–H groups in total. The Bertz CT molecular complexity index is 1050. The summed E-state index contributed by atoms with van der Waals surface area (Å²) in [6.07, 6.45) is 0. The maximum absolute atomic E-state index is 13.4. The fourth-order valence-electron chi connectivity index (χ4n) is 2.41. The van der Waals surface area contributed by atoms with Crippen LogP contribution in [0, 0.1) is 15.9 Å². The van der Waals surface area contributed by atoms with Crippen LogP contribution in [-0.2, 0) is 0 Å². The molecule has 0 spiro atoms. The van der Waals surface area contributed by atoms with Gasteiger partial charge in [0.15, 0.2) is 11.5 Å². The van der Waals surface area contributed by atoms with Gasteiger partial charge in [0, 0.05) is 22.7 Å². The molecule has 0 unspecified atom stereocenters. The van der Waals surface area contributed by atoms with Crippen LogP contribution in [0.2, 0.25) is 0 Å². The highest BCUT2D eigenvalue weighted by atomic mass is 32.1. The zero-order valence-electron chi connectivity index (χ0n) is 14.8. The zero-order valence-corrected chi connectivity index (χ0v) is 15.6. The van der Waals surface area contributed by atoms with Crippen molar-refractivity contribution in [3.05, 3.63) is 63.4 Å². The molecule has 1 amide bonds. The summed E-state index contributed by atoms with van der Waals surface area (Å²) in [5.41, 5.74) is 0.238. The van der Waals surface area contributed by atoms with Crippen molar-refractivity contribution in [1.82, 2.24) is 4.98 Å². The highest BCUT2D eigenvalue weighted by molar-refractivity contribution is 7.13. The number of hydrogen-bond donors (Lipinski definition) is 1. The van der Waals surface area contributed by atoms with Gasteiger partial charge < -0.3 is 14.8 Å². The number of anilines is 1. The van der Waals surface area contributed by atoms with Gasteiger partial charge in [0.1, 0.15) is 10.7 Å². The number of methoxy groups -OCH3 is 2. The Morgan fingerprint density at radius 3 is 2.61 bits per heavy atom. The average molecular weight is 403 g/mol. The van der Waals surface area contributed by atoms with Crippen molar-refractivity contribution in [2.75, 3.05) is 19.5 Å². The van der Waals surface area contributed by atoms with Crippen molar-refractivity contribution in [2.24, 2.45) is 0 Å². The predicted octanol–water partition coefficient (Wildman–Crippen LogP) is 4.13. The molecular formula is C18H14FN3O5S. The summed E-state index contributed by atoms with van der Waals surface area (Å²) in [6, 6.07) is 8.36. The van der Waals surface area contributed by atoms with Crippen LogP contribution in [0.4, 0.5) is 15.8 Å². The van der Waals surface area contributed by atoms with Crippen LogP contribution in [0.1, 0.15) is 10.5 Å². The number of ether oxygens (including phenoxy) is 2. The summed E-state index contributed by atoms with van der Waals surface area (Å²) in [7, 11) is 3.05. The molecule has 1 heterocycles. The lowest BCUT2D eigenvalue weighted by molar-refractivity contribution is -0.387. The molecule has 3 rings (SSSR count). The number of nitro groups is 1. The van der Waals surface area contributed by atoms with Gasteiger partial charge in [0.05, 0.1) is 19.1 Å². The van der Waals surface area contributed by atoms with E-state index in [0.29, 0.717) is 16.5 Å². The Kier molecular flexibility index (Phi) is 5.50. The molecule has 0 aliphatic heterocycles. The number of amides is 1. The molecule has 28 heavy (non-hydrogen) atoms. The van der Waals surface area contributed by atoms with Gasteiger partial charge in [0.25, 0.3) is 5.91 Å². The third-order valence-corrected chi connectivity index (χ3v) is 4.66. The first kappa shape index (κ1) is 19.2. The molecule has 0 aliphatic rings. The van der Waals surface area contributed by atoms with E-state index in [1.807, 2.05) is 0 Å². The second-order valence-electron chi connectivity index (χ2n) is 5.49. The zero-order chi connectivity index (χ0) is 20.3. The molecule has 0 atom stereocenters. The number of aromatic nitrogens is 1. The molecule has 144 valence electrons. The highest BCUT2D eigenvalue weighted by Gasteiger charge is 2.18. The van der Waals surface area contributed by atoms with Crippen molar-refractivity contribution >= 4 is 28.6 Å². The number of nitro benzene ring substituents is 1. The average Bonchev–Trinajstić information content (AvgIpc) is 3.19. The number of hydrogen-bond acceptors (Lipinski definition) is 7. The van der Waals surface area contributed by atoms with Crippen LogP contribution in [0.3, 0.4) is 0 Å². The molecule has 0 saturated carbocycles. The van der Waals surface area contributed by atoms with E-state index >= 15 is 0 Å². The molecule has 8 nitrogen and oxygen atoms in total. The number of benzene rings is 2. The minimum absolute atomic E-state index is 0.0961. The predicted molar refractivity (Wildman–Crippen MR) is 102 cm³/mol. The Morgan fingerprint density at radius 2 is 1.93 bits per heavy atom. The Hall–Kier alpha value is -3.53. The lowest BCUT2D eigenvalue weighted by Gasteiger charge is -2.08. The van der Waals surface area contributed by atoms with Crippen LogP contribution in [0.25, 0.3) is 10.6 Å². The van der Waals surface area contributed by atoms with E-state index in [9.17, 15) is 19.3 Å². The van der Waals surface area contributed by atoms with Crippen LogP contribution in [-0.4, -0.2) is 30.0 Å². The minimum Gasteiger partial charge on any atom is -0.493 e. The maximum Gasteiger partial charge on any atom is 0.306 e. The van der Waals surface area contributed by atoms with Crippen LogP contribution in [0.5, 0.6) is 11.5 Å². The van der Waals surface area contributed by atoms with Crippen LogP contribution >= 0.6 is 11.3 Å². The second kappa shape index (κ2) is 8.01. The fourth-order valence-corrected chi connectivity index (χ4v) is 3.20. The summed E-state index contributed by atoms with van der Waals surface area (Å²) in [4.78, 5) is 26.6. The quantitative estimate of drug-likeness (QED) is 0.490. The van der Waals surface area contributed by atoms with E-state index in [4.69, 9.17) is 9.47 Å². The molecule has 0 fully saturated rings. The number of halogens is 1. The van der Waals surface area contributed by atoms with E-state index < -0.39 is 22.3 Å². The smallest absolute Gasteiger partial charge is 0.306 e. The molecule has 0 aliphatic carbocycles. The van der Waals surface area contributed by atoms with Gasteiger partial charge in [-0.05, 0) is 30.3 Å². The van der Waals surface area contributed by atoms with Gasteiger partial charge in [-0.2, -0.15) is 4.39 Å². The molecule has 0 bridgehead atoms. The summed E-state index contributed by atoms with van der Waals surface area (Å²) in [6.45, 7) is 0. The summed E-state index contributed by atoms with van der Waals surface area (Å²) < 4.78 is 23.9. The van der Waals surface area contributed by atoms with Crippen molar-refractivity contribution in [2.45, 2.75) is 0 Å². The van der Waals surface area contributed by atoms with Crippen LogP contribution in [0.15, 0.2) is 41.8 Å².